The number of hydrogen-bond acceptors (Lipinski definition) is 6. The lowest BCUT2D eigenvalue weighted by Crippen LogP contribution is -2.60. The van der Waals surface area contributed by atoms with E-state index in [1.807, 2.05) is 0 Å². The van der Waals surface area contributed by atoms with Crippen molar-refractivity contribution in [3.05, 3.63) is 53.4 Å². The fraction of sp³-hybridized carbons (Fsp3) is 0.381. The lowest BCUT2D eigenvalue weighted by molar-refractivity contribution is -0.128. The quantitative estimate of drug-likeness (QED) is 0.473. The number of carbonyl (C=O) groups excluding carboxylic acids is 1. The van der Waals surface area contributed by atoms with Gasteiger partial charge in [0.15, 0.2) is 0 Å². The number of carbonyl (C=O) groups is 1. The largest absolute Gasteiger partial charge is 0.396 e. The number of fused-ring (bicyclic) bond motifs is 1. The van der Waals surface area contributed by atoms with Gasteiger partial charge in [0.1, 0.15) is 17.8 Å². The molecular weight excluding hydrogens is 404 g/mol. The van der Waals surface area contributed by atoms with E-state index in [-0.39, 0.29) is 18.8 Å². The molecule has 2 aromatic heterocycles. The molecule has 3 heterocycles. The summed E-state index contributed by atoms with van der Waals surface area (Å²) in [5.74, 6) is -0.634. The van der Waals surface area contributed by atoms with Gasteiger partial charge in [0.2, 0.25) is 5.91 Å². The van der Waals surface area contributed by atoms with Crippen molar-refractivity contribution in [3.8, 4) is 0 Å². The van der Waals surface area contributed by atoms with Crippen LogP contribution in [0.2, 0.25) is 5.02 Å². The number of H-pyrrole nitrogens is 1. The van der Waals surface area contributed by atoms with Gasteiger partial charge in [-0.2, -0.15) is 0 Å². The molecule has 4 rings (SSSR count). The van der Waals surface area contributed by atoms with Gasteiger partial charge in [0, 0.05) is 36.3 Å². The Kier molecular flexibility index (Phi) is 4.60. The number of aromatic amines is 1. The average molecular weight is 433 g/mol. The highest BCUT2D eigenvalue weighted by Crippen LogP contribution is 2.29. The second-order valence-corrected chi connectivity index (χ2v) is 7.62. The average Bonchev–Trinajstić information content (AvgIpc) is 3.22. The molecule has 1 saturated heterocycles. The van der Waals surface area contributed by atoms with Crippen LogP contribution >= 0.6 is 11.6 Å². The van der Waals surface area contributed by atoms with Gasteiger partial charge in [-0.3, -0.25) is 4.79 Å². The van der Waals surface area contributed by atoms with Gasteiger partial charge in [-0.25, -0.2) is 9.97 Å². The third-order valence-electron chi connectivity index (χ3n) is 5.10. The maximum Gasteiger partial charge on any atom is 0.240 e. The Hall–Kier alpha value is -2.68. The van der Waals surface area contributed by atoms with Crippen molar-refractivity contribution in [2.75, 3.05) is 24.5 Å². The minimum absolute atomic E-state index is 0.0722. The van der Waals surface area contributed by atoms with Gasteiger partial charge in [0.25, 0.3) is 0 Å². The molecule has 1 amide bonds. The van der Waals surface area contributed by atoms with Crippen molar-refractivity contribution in [2.24, 2.45) is 5.73 Å². The lowest BCUT2D eigenvalue weighted by Gasteiger charge is -2.39. The first kappa shape index (κ1) is 16.1. The Morgan fingerprint density at radius 1 is 1.33 bits per heavy atom. The molecule has 1 aliphatic heterocycles. The van der Waals surface area contributed by atoms with E-state index in [2.05, 4.69) is 20.3 Å². The smallest absolute Gasteiger partial charge is 0.240 e. The van der Waals surface area contributed by atoms with E-state index < -0.39 is 43.3 Å². The van der Waals surface area contributed by atoms with Crippen LogP contribution < -0.4 is 16.0 Å². The van der Waals surface area contributed by atoms with E-state index in [1.54, 1.807) is 36.5 Å². The van der Waals surface area contributed by atoms with Crippen LogP contribution in [-0.4, -0.2) is 51.1 Å². The molecular formula is C21H25ClN6O2. The predicted octanol–water partition coefficient (Wildman–Crippen LogP) is 2.15. The molecule has 1 aromatic carbocycles. The highest BCUT2D eigenvalue weighted by atomic mass is 35.5. The number of nitrogens with two attached hydrogens (primary N) is 1. The lowest BCUT2D eigenvalue weighted by atomic mass is 9.87. The number of halogens is 1. The van der Waals surface area contributed by atoms with Crippen LogP contribution in [0.4, 0.5) is 5.82 Å². The molecule has 1 atom stereocenters. The second-order valence-electron chi connectivity index (χ2n) is 7.19. The fourth-order valence-electron chi connectivity index (χ4n) is 3.35. The number of rotatable bonds is 6. The van der Waals surface area contributed by atoms with Crippen molar-refractivity contribution >= 4 is 34.4 Å². The summed E-state index contributed by atoms with van der Waals surface area (Å²) in [7, 11) is 0. The minimum atomic E-state index is -2.35. The van der Waals surface area contributed by atoms with E-state index in [0.29, 0.717) is 21.6 Å². The molecule has 158 valence electrons. The molecule has 0 unspecified atom stereocenters. The second kappa shape index (κ2) is 8.59. The molecule has 3 aromatic rings. The van der Waals surface area contributed by atoms with Crippen LogP contribution in [0, 0.1) is 0 Å². The topological polar surface area (TPSA) is 120 Å². The van der Waals surface area contributed by atoms with E-state index in [0.717, 1.165) is 4.90 Å². The zero-order valence-electron chi connectivity index (χ0n) is 20.1. The van der Waals surface area contributed by atoms with Gasteiger partial charge in [-0.1, -0.05) is 23.7 Å². The maximum absolute atomic E-state index is 13.3. The molecule has 0 radical (unpaired) electrons. The SMILES string of the molecule is [2H]C1([2H])CC(N)(C(=O)N[C@@H](CCO)c2ccc(Cl)cc2)CC([2H])([2H])N1c1ncnc2[nH]ccc12. The summed E-state index contributed by atoms with van der Waals surface area (Å²) in [5.41, 5.74) is 5.67. The Labute approximate surface area is 185 Å². The summed E-state index contributed by atoms with van der Waals surface area (Å²) >= 11 is 5.94. The van der Waals surface area contributed by atoms with Gasteiger partial charge in [-0.15, -0.1) is 0 Å². The van der Waals surface area contributed by atoms with E-state index in [9.17, 15) is 9.90 Å². The number of aliphatic hydroxyl groups is 1. The normalized spacial score (nSPS) is 22.4. The zero-order valence-corrected chi connectivity index (χ0v) is 16.9. The van der Waals surface area contributed by atoms with Crippen LogP contribution in [0.25, 0.3) is 11.0 Å². The van der Waals surface area contributed by atoms with Crippen molar-refractivity contribution in [3.63, 3.8) is 0 Å². The van der Waals surface area contributed by atoms with Gasteiger partial charge < -0.3 is 26.0 Å². The Bertz CT molecular complexity index is 1170. The van der Waals surface area contributed by atoms with Crippen LogP contribution in [0.1, 0.15) is 36.4 Å². The van der Waals surface area contributed by atoms with E-state index in [4.69, 9.17) is 22.8 Å². The van der Waals surface area contributed by atoms with Gasteiger partial charge in [-0.05, 0) is 43.0 Å². The third kappa shape index (κ3) is 4.12. The van der Waals surface area contributed by atoms with Gasteiger partial charge in [0.05, 0.1) is 17.0 Å². The summed E-state index contributed by atoms with van der Waals surface area (Å²) in [5, 5.41) is 13.2. The van der Waals surface area contributed by atoms with Crippen LogP contribution in [0.15, 0.2) is 42.9 Å². The molecule has 8 nitrogen and oxygen atoms in total. The molecule has 1 aliphatic rings. The first-order valence-electron chi connectivity index (χ1n) is 11.5. The standard InChI is InChI=1S/C21H25ClN6O2/c22-15-3-1-14(2-4-15)17(6-12-29)27-20(30)21(23)7-10-28(11-8-21)19-16-5-9-24-18(16)25-13-26-19/h1-5,9,13,17,29H,6-8,10-12,23H2,(H,27,30)(H,24,25,26)/t17-/m0/s1/i10D2,11D2. The zero-order chi connectivity index (χ0) is 24.7. The highest BCUT2D eigenvalue weighted by molar-refractivity contribution is 6.30. The third-order valence-corrected chi connectivity index (χ3v) is 5.35. The number of hydrogen-bond donors (Lipinski definition) is 4. The number of nitrogens with zero attached hydrogens (tertiary/aromatic N) is 3. The summed E-state index contributed by atoms with van der Waals surface area (Å²) in [4.78, 5) is 25.4. The number of piperidine rings is 1. The monoisotopic (exact) mass is 432 g/mol. The number of amides is 1. The number of benzene rings is 1. The summed E-state index contributed by atoms with van der Waals surface area (Å²) in [6.45, 7) is -4.90. The van der Waals surface area contributed by atoms with E-state index in [1.165, 1.54) is 6.33 Å². The maximum atomic E-state index is 13.3. The minimum Gasteiger partial charge on any atom is -0.396 e. The molecule has 1 fully saturated rings. The number of aliphatic hydroxyl groups excluding tert-OH is 1. The summed E-state index contributed by atoms with van der Waals surface area (Å²) in [6, 6.07) is 7.77. The molecule has 0 aliphatic carbocycles. The molecule has 30 heavy (non-hydrogen) atoms. The molecule has 0 bridgehead atoms. The predicted molar refractivity (Wildman–Crippen MR) is 116 cm³/mol. The molecule has 5 N–H and O–H groups in total. The summed E-state index contributed by atoms with van der Waals surface area (Å²) < 4.78 is 34.7. The first-order valence-corrected chi connectivity index (χ1v) is 9.89. The van der Waals surface area contributed by atoms with Crippen molar-refractivity contribution in [1.29, 1.82) is 0 Å². The van der Waals surface area contributed by atoms with Crippen molar-refractivity contribution < 1.29 is 15.4 Å². The number of aromatic nitrogens is 3. The van der Waals surface area contributed by atoms with Gasteiger partial charge >= 0.3 is 0 Å². The number of nitrogens with one attached hydrogen (secondary N) is 2. The molecule has 0 spiro atoms. The fourth-order valence-corrected chi connectivity index (χ4v) is 3.48. The Morgan fingerprint density at radius 2 is 2.07 bits per heavy atom. The van der Waals surface area contributed by atoms with Crippen LogP contribution in [0.5, 0.6) is 0 Å². The van der Waals surface area contributed by atoms with Crippen molar-refractivity contribution in [2.45, 2.75) is 30.8 Å². The molecule has 9 heteroatoms. The summed E-state index contributed by atoms with van der Waals surface area (Å²) in [6.07, 6.45) is 2.07. The Morgan fingerprint density at radius 3 is 2.77 bits per heavy atom. The van der Waals surface area contributed by atoms with Crippen LogP contribution in [0.3, 0.4) is 0 Å². The first-order chi connectivity index (χ1) is 16.0. The molecule has 0 saturated carbocycles. The van der Waals surface area contributed by atoms with Crippen molar-refractivity contribution in [1.82, 2.24) is 20.3 Å². The Balaban J connectivity index is 1.63. The van der Waals surface area contributed by atoms with Crippen LogP contribution in [-0.2, 0) is 4.79 Å². The van der Waals surface area contributed by atoms with E-state index >= 15 is 0 Å². The number of anilines is 1. The highest BCUT2D eigenvalue weighted by Gasteiger charge is 2.39.